The van der Waals surface area contributed by atoms with Gasteiger partial charge in [0.05, 0.1) is 10.1 Å². The van der Waals surface area contributed by atoms with Gasteiger partial charge >= 0.3 is 0 Å². The standard InChI is InChI=1S/C19H14N2OS2/c1-3-8-14(9-4-1)17(15-10-5-2-6-11-15)24-19-21-20-18(22-19)16-12-7-13-23-16/h1-13,17H. The van der Waals surface area contributed by atoms with E-state index in [1.165, 1.54) is 11.1 Å². The highest BCUT2D eigenvalue weighted by molar-refractivity contribution is 7.99. The van der Waals surface area contributed by atoms with E-state index in [1.54, 1.807) is 23.1 Å². The molecule has 0 aliphatic heterocycles. The first-order valence-corrected chi connectivity index (χ1v) is 9.30. The molecule has 0 fully saturated rings. The van der Waals surface area contributed by atoms with Gasteiger partial charge in [0.15, 0.2) is 0 Å². The van der Waals surface area contributed by atoms with Gasteiger partial charge < -0.3 is 4.42 Å². The van der Waals surface area contributed by atoms with Crippen LogP contribution in [0.2, 0.25) is 0 Å². The van der Waals surface area contributed by atoms with Gasteiger partial charge in [-0.15, -0.1) is 21.5 Å². The maximum atomic E-state index is 5.85. The third kappa shape index (κ3) is 3.27. The number of rotatable bonds is 5. The van der Waals surface area contributed by atoms with Crippen molar-refractivity contribution in [2.24, 2.45) is 0 Å². The van der Waals surface area contributed by atoms with E-state index < -0.39 is 0 Å². The lowest BCUT2D eigenvalue weighted by molar-refractivity contribution is 0.466. The molecule has 3 nitrogen and oxygen atoms in total. The molecule has 0 unspecified atom stereocenters. The largest absolute Gasteiger partial charge is 0.410 e. The van der Waals surface area contributed by atoms with Gasteiger partial charge in [-0.1, -0.05) is 78.5 Å². The monoisotopic (exact) mass is 350 g/mol. The van der Waals surface area contributed by atoms with Gasteiger partial charge in [-0.2, -0.15) is 0 Å². The summed E-state index contributed by atoms with van der Waals surface area (Å²) in [6.07, 6.45) is 0. The van der Waals surface area contributed by atoms with Gasteiger partial charge in [-0.3, -0.25) is 0 Å². The van der Waals surface area contributed by atoms with Crippen LogP contribution in [0.4, 0.5) is 0 Å². The Morgan fingerprint density at radius 3 is 2.04 bits per heavy atom. The Morgan fingerprint density at radius 1 is 0.792 bits per heavy atom. The average Bonchev–Trinajstić information content (AvgIpc) is 3.33. The zero-order chi connectivity index (χ0) is 16.2. The van der Waals surface area contributed by atoms with Crippen molar-refractivity contribution in [3.05, 3.63) is 89.3 Å². The fourth-order valence-corrected chi connectivity index (χ4v) is 4.09. The third-order valence-corrected chi connectivity index (χ3v) is 5.57. The summed E-state index contributed by atoms with van der Waals surface area (Å²) in [5.74, 6) is 0.576. The van der Waals surface area contributed by atoms with Crippen molar-refractivity contribution >= 4 is 23.1 Å². The molecular weight excluding hydrogens is 336 g/mol. The zero-order valence-corrected chi connectivity index (χ0v) is 14.3. The van der Waals surface area contributed by atoms with Crippen LogP contribution in [0.3, 0.4) is 0 Å². The number of nitrogens with zero attached hydrogens (tertiary/aromatic N) is 2. The van der Waals surface area contributed by atoms with Crippen LogP contribution in [0, 0.1) is 0 Å². The second-order valence-corrected chi connectivity index (χ2v) is 7.17. The van der Waals surface area contributed by atoms with Crippen LogP contribution in [0.5, 0.6) is 0 Å². The van der Waals surface area contributed by atoms with Crippen LogP contribution in [0.1, 0.15) is 16.4 Å². The van der Waals surface area contributed by atoms with Gasteiger partial charge in [0.25, 0.3) is 11.1 Å². The molecule has 0 saturated carbocycles. The van der Waals surface area contributed by atoms with Gasteiger partial charge in [-0.05, 0) is 22.6 Å². The third-order valence-electron chi connectivity index (χ3n) is 3.56. The lowest BCUT2D eigenvalue weighted by Gasteiger charge is -2.15. The fourth-order valence-electron chi connectivity index (χ4n) is 2.44. The van der Waals surface area contributed by atoms with Crippen LogP contribution < -0.4 is 0 Å². The van der Waals surface area contributed by atoms with Crippen LogP contribution in [0.25, 0.3) is 10.8 Å². The Bertz CT molecular complexity index is 850. The SMILES string of the molecule is c1ccc(C(Sc2nnc(-c3cccs3)o2)c2ccccc2)cc1. The van der Waals surface area contributed by atoms with E-state index in [-0.39, 0.29) is 5.25 Å². The molecule has 0 amide bonds. The van der Waals surface area contributed by atoms with Crippen molar-refractivity contribution in [2.45, 2.75) is 10.5 Å². The summed E-state index contributed by atoms with van der Waals surface area (Å²) in [4.78, 5) is 0.991. The van der Waals surface area contributed by atoms with E-state index in [2.05, 4.69) is 58.7 Å². The molecule has 0 aliphatic rings. The molecule has 0 N–H and O–H groups in total. The van der Waals surface area contributed by atoms with Gasteiger partial charge in [0, 0.05) is 0 Å². The summed E-state index contributed by atoms with van der Waals surface area (Å²) in [7, 11) is 0. The summed E-state index contributed by atoms with van der Waals surface area (Å²) in [6.45, 7) is 0. The van der Waals surface area contributed by atoms with Crippen LogP contribution >= 0.6 is 23.1 Å². The molecule has 0 bridgehead atoms. The second kappa shape index (κ2) is 7.03. The van der Waals surface area contributed by atoms with E-state index >= 15 is 0 Å². The minimum atomic E-state index is 0.115. The molecule has 24 heavy (non-hydrogen) atoms. The highest BCUT2D eigenvalue weighted by Gasteiger charge is 2.19. The lowest BCUT2D eigenvalue weighted by Crippen LogP contribution is -1.96. The topological polar surface area (TPSA) is 38.9 Å². The van der Waals surface area contributed by atoms with E-state index in [4.69, 9.17) is 4.42 Å². The molecule has 4 rings (SSSR count). The highest BCUT2D eigenvalue weighted by atomic mass is 32.2. The first-order chi connectivity index (χ1) is 11.9. The summed E-state index contributed by atoms with van der Waals surface area (Å²) in [6, 6.07) is 24.7. The quantitative estimate of drug-likeness (QED) is 0.434. The van der Waals surface area contributed by atoms with E-state index in [9.17, 15) is 0 Å². The predicted molar refractivity (Wildman–Crippen MR) is 98.2 cm³/mol. The van der Waals surface area contributed by atoms with Gasteiger partial charge in [-0.25, -0.2) is 0 Å². The summed E-state index contributed by atoms with van der Waals surface area (Å²) in [5.41, 5.74) is 2.43. The molecule has 2 aromatic carbocycles. The number of thioether (sulfide) groups is 1. The summed E-state index contributed by atoms with van der Waals surface area (Å²) < 4.78 is 5.85. The van der Waals surface area contributed by atoms with Crippen LogP contribution in [0.15, 0.2) is 87.8 Å². The summed E-state index contributed by atoms with van der Waals surface area (Å²) in [5, 5.41) is 11.1. The molecule has 5 heteroatoms. The Labute approximate surface area is 148 Å². The van der Waals surface area contributed by atoms with E-state index in [0.717, 1.165) is 4.88 Å². The first kappa shape index (κ1) is 15.2. The maximum absolute atomic E-state index is 5.85. The van der Waals surface area contributed by atoms with Crippen LogP contribution in [-0.2, 0) is 0 Å². The molecule has 0 radical (unpaired) electrons. The Hall–Kier alpha value is -2.37. The average molecular weight is 350 g/mol. The maximum Gasteiger partial charge on any atom is 0.277 e. The molecule has 118 valence electrons. The lowest BCUT2D eigenvalue weighted by atomic mass is 10.0. The highest BCUT2D eigenvalue weighted by Crippen LogP contribution is 2.40. The smallest absolute Gasteiger partial charge is 0.277 e. The number of hydrogen-bond donors (Lipinski definition) is 0. The van der Waals surface area contributed by atoms with Crippen LogP contribution in [-0.4, -0.2) is 10.2 Å². The molecule has 4 aromatic rings. The van der Waals surface area contributed by atoms with Crippen molar-refractivity contribution in [1.82, 2.24) is 10.2 Å². The number of hydrogen-bond acceptors (Lipinski definition) is 5. The number of thiophene rings is 1. The van der Waals surface area contributed by atoms with E-state index in [1.807, 2.05) is 29.6 Å². The molecule has 2 aromatic heterocycles. The number of aromatic nitrogens is 2. The normalized spacial score (nSPS) is 11.0. The fraction of sp³-hybridized carbons (Fsp3) is 0.0526. The molecule has 0 saturated heterocycles. The number of benzene rings is 2. The minimum Gasteiger partial charge on any atom is -0.410 e. The van der Waals surface area contributed by atoms with Crippen molar-refractivity contribution in [2.75, 3.05) is 0 Å². The zero-order valence-electron chi connectivity index (χ0n) is 12.7. The van der Waals surface area contributed by atoms with E-state index in [0.29, 0.717) is 11.1 Å². The Balaban J connectivity index is 1.65. The second-order valence-electron chi connectivity index (χ2n) is 5.17. The predicted octanol–water partition coefficient (Wildman–Crippen LogP) is 5.68. The Morgan fingerprint density at radius 2 is 1.46 bits per heavy atom. The molecular formula is C19H14N2OS2. The molecule has 0 atom stereocenters. The van der Waals surface area contributed by atoms with Crippen molar-refractivity contribution in [3.8, 4) is 10.8 Å². The summed E-state index contributed by atoms with van der Waals surface area (Å²) >= 11 is 3.17. The van der Waals surface area contributed by atoms with Crippen molar-refractivity contribution in [3.63, 3.8) is 0 Å². The molecule has 0 spiro atoms. The van der Waals surface area contributed by atoms with Gasteiger partial charge in [0.2, 0.25) is 0 Å². The first-order valence-electron chi connectivity index (χ1n) is 7.54. The molecule has 0 aliphatic carbocycles. The molecule has 2 heterocycles. The van der Waals surface area contributed by atoms with Gasteiger partial charge in [0.1, 0.15) is 0 Å². The van der Waals surface area contributed by atoms with Crippen molar-refractivity contribution < 1.29 is 4.42 Å². The Kier molecular flexibility index (Phi) is 4.44. The van der Waals surface area contributed by atoms with Crippen molar-refractivity contribution in [1.29, 1.82) is 0 Å². The minimum absolute atomic E-state index is 0.115.